The molecule has 1 aromatic heterocycles. The van der Waals surface area contributed by atoms with Gasteiger partial charge in [0, 0.05) is 24.0 Å². The summed E-state index contributed by atoms with van der Waals surface area (Å²) in [4.78, 5) is 4.66. The number of allylic oxidation sites excluding steroid dienone is 1. The molecule has 0 amide bonds. The number of nitrogens with one attached hydrogen (secondary N) is 2. The number of amidine groups is 1. The molecule has 5 nitrogen and oxygen atoms in total. The Morgan fingerprint density at radius 1 is 1.36 bits per heavy atom. The van der Waals surface area contributed by atoms with Gasteiger partial charge in [0.2, 0.25) is 0 Å². The van der Waals surface area contributed by atoms with Crippen LogP contribution in [0.5, 0.6) is 0 Å². The zero-order chi connectivity index (χ0) is 17.9. The molecule has 1 aromatic carbocycles. The number of thiol groups is 1. The predicted octanol–water partition coefficient (Wildman–Crippen LogP) is 3.87. The molecule has 132 valence electrons. The first-order valence-corrected chi connectivity index (χ1v) is 8.92. The molecule has 0 spiro atoms. The van der Waals surface area contributed by atoms with Gasteiger partial charge >= 0.3 is 0 Å². The lowest BCUT2D eigenvalue weighted by Crippen LogP contribution is -2.13. The van der Waals surface area contributed by atoms with Gasteiger partial charge in [0.15, 0.2) is 0 Å². The molecule has 2 rings (SSSR count). The van der Waals surface area contributed by atoms with Crippen LogP contribution in [0.4, 0.5) is 5.69 Å². The zero-order valence-electron chi connectivity index (χ0n) is 14.4. The molecule has 0 aliphatic carbocycles. The Labute approximate surface area is 154 Å². The first kappa shape index (κ1) is 18.9. The van der Waals surface area contributed by atoms with Crippen molar-refractivity contribution in [2.24, 2.45) is 16.6 Å². The van der Waals surface area contributed by atoms with Crippen molar-refractivity contribution in [3.63, 3.8) is 0 Å². The Balaban J connectivity index is 2.06. The van der Waals surface area contributed by atoms with Gasteiger partial charge in [-0.2, -0.15) is 17.7 Å². The number of benzene rings is 1. The van der Waals surface area contributed by atoms with E-state index in [-0.39, 0.29) is 0 Å². The third kappa shape index (κ3) is 6.15. The maximum atomic E-state index is 5.56. The van der Waals surface area contributed by atoms with Crippen LogP contribution in [0, 0.1) is 5.92 Å². The van der Waals surface area contributed by atoms with Crippen LogP contribution in [0.15, 0.2) is 66.1 Å². The number of hydrogen-bond acceptors (Lipinski definition) is 4. The molecular weight excluding hydrogens is 330 g/mol. The van der Waals surface area contributed by atoms with E-state index in [0.717, 1.165) is 34.8 Å². The van der Waals surface area contributed by atoms with Gasteiger partial charge in [0.25, 0.3) is 0 Å². The highest BCUT2D eigenvalue weighted by molar-refractivity contribution is 7.80. The van der Waals surface area contributed by atoms with E-state index in [2.05, 4.69) is 45.3 Å². The highest BCUT2D eigenvalue weighted by Crippen LogP contribution is 2.20. The monoisotopic (exact) mass is 355 g/mol. The van der Waals surface area contributed by atoms with Crippen molar-refractivity contribution < 1.29 is 0 Å². The topological polar surface area (TPSA) is 79.1 Å². The Morgan fingerprint density at radius 3 is 2.76 bits per heavy atom. The number of H-pyrrole nitrogens is 1. The minimum absolute atomic E-state index is 0.383. The van der Waals surface area contributed by atoms with Crippen LogP contribution in [0.3, 0.4) is 0 Å². The van der Waals surface area contributed by atoms with Gasteiger partial charge in [-0.25, -0.2) is 0 Å². The van der Waals surface area contributed by atoms with Gasteiger partial charge in [0.05, 0.1) is 6.20 Å². The van der Waals surface area contributed by atoms with Gasteiger partial charge < -0.3 is 11.1 Å². The normalized spacial score (nSPS) is 13.6. The number of anilines is 1. The molecule has 1 atom stereocenters. The average molecular weight is 356 g/mol. The fraction of sp³-hybridized carbons (Fsp3) is 0.263. The average Bonchev–Trinajstić information content (AvgIpc) is 3.15. The Bertz CT molecular complexity index is 702. The maximum absolute atomic E-state index is 5.56. The number of rotatable bonds is 8. The van der Waals surface area contributed by atoms with Crippen molar-refractivity contribution in [1.82, 2.24) is 10.2 Å². The molecule has 0 fully saturated rings. The minimum Gasteiger partial charge on any atom is -0.404 e. The van der Waals surface area contributed by atoms with Crippen LogP contribution in [-0.2, 0) is 0 Å². The quantitative estimate of drug-likeness (QED) is 0.251. The summed E-state index contributed by atoms with van der Waals surface area (Å²) in [7, 11) is 0. The van der Waals surface area contributed by atoms with E-state index in [4.69, 9.17) is 5.73 Å². The van der Waals surface area contributed by atoms with Crippen molar-refractivity contribution in [2.45, 2.75) is 13.3 Å². The molecule has 2 aromatic rings. The standard InChI is InChI=1S/C19H25N5S/c1-2-3-15(9-11-25)12-21-19(8-10-20)24-18-6-4-16(5-7-18)17-13-22-23-14-17/h2-8,10,13-15,25H,9,11-12,20H2,1H3,(H,21,24)(H,22,23)/b3-2-,10-8-. The maximum Gasteiger partial charge on any atom is 0.126 e. The van der Waals surface area contributed by atoms with Gasteiger partial charge in [-0.05, 0) is 55.0 Å². The second-order valence-corrected chi connectivity index (χ2v) is 6.02. The summed E-state index contributed by atoms with van der Waals surface area (Å²) < 4.78 is 0. The van der Waals surface area contributed by atoms with Crippen molar-refractivity contribution in [2.75, 3.05) is 17.6 Å². The van der Waals surface area contributed by atoms with Crippen LogP contribution in [0.2, 0.25) is 0 Å². The molecule has 25 heavy (non-hydrogen) atoms. The predicted molar refractivity (Wildman–Crippen MR) is 110 cm³/mol. The lowest BCUT2D eigenvalue weighted by Gasteiger charge is -2.11. The van der Waals surface area contributed by atoms with Gasteiger partial charge in [-0.1, -0.05) is 24.3 Å². The van der Waals surface area contributed by atoms with Crippen molar-refractivity contribution in [3.05, 3.63) is 61.1 Å². The van der Waals surface area contributed by atoms with Crippen LogP contribution in [0.25, 0.3) is 11.1 Å². The minimum atomic E-state index is 0.383. The van der Waals surface area contributed by atoms with E-state index in [1.54, 1.807) is 12.3 Å². The van der Waals surface area contributed by atoms with E-state index in [9.17, 15) is 0 Å². The Hall–Kier alpha value is -2.47. The van der Waals surface area contributed by atoms with Gasteiger partial charge in [-0.15, -0.1) is 0 Å². The first-order chi connectivity index (χ1) is 12.3. The molecule has 1 heterocycles. The first-order valence-electron chi connectivity index (χ1n) is 8.29. The van der Waals surface area contributed by atoms with Crippen molar-refractivity contribution in [3.8, 4) is 11.1 Å². The third-order valence-electron chi connectivity index (χ3n) is 3.70. The molecule has 0 aliphatic rings. The van der Waals surface area contributed by atoms with Crippen molar-refractivity contribution in [1.29, 1.82) is 0 Å². The Kier molecular flexibility index (Phi) is 7.85. The van der Waals surface area contributed by atoms with E-state index in [1.165, 1.54) is 6.20 Å². The lowest BCUT2D eigenvalue weighted by molar-refractivity contribution is 0.647. The molecule has 0 radical (unpaired) electrons. The number of aromatic amines is 1. The highest BCUT2D eigenvalue weighted by Gasteiger charge is 2.04. The molecule has 0 aliphatic heterocycles. The van der Waals surface area contributed by atoms with Crippen LogP contribution >= 0.6 is 12.6 Å². The summed E-state index contributed by atoms with van der Waals surface area (Å²) in [6.45, 7) is 2.72. The smallest absolute Gasteiger partial charge is 0.126 e. The molecule has 0 bridgehead atoms. The molecule has 6 heteroatoms. The van der Waals surface area contributed by atoms with Crippen LogP contribution in [-0.4, -0.2) is 28.3 Å². The summed E-state index contributed by atoms with van der Waals surface area (Å²) in [5.41, 5.74) is 8.68. The molecule has 0 saturated heterocycles. The molecule has 0 saturated carbocycles. The van der Waals surface area contributed by atoms with Gasteiger partial charge in [-0.3, -0.25) is 10.1 Å². The van der Waals surface area contributed by atoms with E-state index >= 15 is 0 Å². The second kappa shape index (κ2) is 10.4. The number of hydrogen-bond donors (Lipinski definition) is 4. The summed E-state index contributed by atoms with van der Waals surface area (Å²) in [6.07, 6.45) is 12.2. The number of nitrogens with zero attached hydrogens (tertiary/aromatic N) is 2. The largest absolute Gasteiger partial charge is 0.404 e. The van der Waals surface area contributed by atoms with E-state index < -0.39 is 0 Å². The molecule has 4 N–H and O–H groups in total. The zero-order valence-corrected chi connectivity index (χ0v) is 15.3. The summed E-state index contributed by atoms with van der Waals surface area (Å²) in [6, 6.07) is 8.11. The van der Waals surface area contributed by atoms with Crippen LogP contribution in [0.1, 0.15) is 13.3 Å². The number of aromatic nitrogens is 2. The van der Waals surface area contributed by atoms with E-state index in [0.29, 0.717) is 12.5 Å². The number of nitrogens with two attached hydrogens (primary N) is 1. The second-order valence-electron chi connectivity index (χ2n) is 5.57. The SMILES string of the molecule is C/C=C\C(CCS)CN=C(/C=C\N)Nc1ccc(-c2cn[nH]c2)cc1. The van der Waals surface area contributed by atoms with Crippen LogP contribution < -0.4 is 11.1 Å². The van der Waals surface area contributed by atoms with E-state index in [1.807, 2.05) is 37.4 Å². The van der Waals surface area contributed by atoms with Crippen molar-refractivity contribution >= 4 is 24.2 Å². The summed E-state index contributed by atoms with van der Waals surface area (Å²) >= 11 is 4.32. The molecule has 1 unspecified atom stereocenters. The fourth-order valence-electron chi connectivity index (χ4n) is 2.43. The summed E-state index contributed by atoms with van der Waals surface area (Å²) in [5.74, 6) is 1.97. The van der Waals surface area contributed by atoms with Gasteiger partial charge in [0.1, 0.15) is 5.84 Å². The highest BCUT2D eigenvalue weighted by atomic mass is 32.1. The third-order valence-corrected chi connectivity index (χ3v) is 3.96. The number of aliphatic imine (C=N–C) groups is 1. The summed E-state index contributed by atoms with van der Waals surface area (Å²) in [5, 5.41) is 10.1. The fourth-order valence-corrected chi connectivity index (χ4v) is 2.76. The molecular formula is C19H25N5S. The lowest BCUT2D eigenvalue weighted by atomic mass is 10.1. The Morgan fingerprint density at radius 2 is 2.16 bits per heavy atom.